The number of imidazole rings is 1. The normalized spacial score (nSPS) is 12.0. The van der Waals surface area contributed by atoms with Crippen LogP contribution >= 0.6 is 11.6 Å². The lowest BCUT2D eigenvalue weighted by Crippen LogP contribution is -2.38. The van der Waals surface area contributed by atoms with E-state index in [2.05, 4.69) is 10.3 Å². The summed E-state index contributed by atoms with van der Waals surface area (Å²) in [6.07, 6.45) is 0.200. The molecule has 152 valence electrons. The van der Waals surface area contributed by atoms with E-state index in [0.717, 1.165) is 4.57 Å². The number of aryl methyl sites for hydroxylation is 1. The van der Waals surface area contributed by atoms with E-state index in [0.29, 0.717) is 10.7 Å². The first-order valence-corrected chi connectivity index (χ1v) is 8.93. The fourth-order valence-corrected chi connectivity index (χ4v) is 2.85. The quantitative estimate of drug-likeness (QED) is 0.607. The van der Waals surface area contributed by atoms with E-state index in [9.17, 15) is 19.2 Å². The SMILES string of the molecule is C[C@@H](OC(=O)Cn1cnc2c1c(=O)n(C)c(=O)n2C)C(=O)Nc1ccc(Cl)cc1. The van der Waals surface area contributed by atoms with Crippen molar-refractivity contribution in [2.75, 3.05) is 5.32 Å². The van der Waals surface area contributed by atoms with Crippen molar-refractivity contribution in [1.29, 1.82) is 0 Å². The van der Waals surface area contributed by atoms with Crippen LogP contribution in [0.5, 0.6) is 0 Å². The van der Waals surface area contributed by atoms with E-state index < -0.39 is 29.2 Å². The van der Waals surface area contributed by atoms with Crippen molar-refractivity contribution in [3.63, 3.8) is 0 Å². The van der Waals surface area contributed by atoms with Crippen LogP contribution in [0, 0.1) is 0 Å². The fourth-order valence-electron chi connectivity index (χ4n) is 2.72. The minimum atomic E-state index is -1.07. The van der Waals surface area contributed by atoms with Gasteiger partial charge in [0, 0.05) is 24.8 Å². The number of fused-ring (bicyclic) bond motifs is 1. The molecule has 0 radical (unpaired) electrons. The summed E-state index contributed by atoms with van der Waals surface area (Å²) in [4.78, 5) is 52.8. The van der Waals surface area contributed by atoms with Crippen LogP contribution in [0.4, 0.5) is 5.69 Å². The summed E-state index contributed by atoms with van der Waals surface area (Å²) < 4.78 is 8.57. The van der Waals surface area contributed by atoms with Gasteiger partial charge in [-0.3, -0.25) is 23.5 Å². The van der Waals surface area contributed by atoms with E-state index in [-0.39, 0.29) is 17.7 Å². The van der Waals surface area contributed by atoms with Crippen molar-refractivity contribution in [2.24, 2.45) is 14.1 Å². The van der Waals surface area contributed by atoms with Gasteiger partial charge in [0.25, 0.3) is 11.5 Å². The Kier molecular flexibility index (Phi) is 5.55. The van der Waals surface area contributed by atoms with Crippen LogP contribution in [-0.4, -0.2) is 36.7 Å². The molecule has 1 N–H and O–H groups in total. The first-order valence-electron chi connectivity index (χ1n) is 8.55. The second-order valence-corrected chi connectivity index (χ2v) is 6.82. The Hall–Kier alpha value is -3.40. The number of aromatic nitrogens is 4. The maximum Gasteiger partial charge on any atom is 0.332 e. The molecule has 10 nitrogen and oxygen atoms in total. The molecule has 3 aromatic rings. The van der Waals surface area contributed by atoms with Gasteiger partial charge in [0.05, 0.1) is 6.33 Å². The van der Waals surface area contributed by atoms with Gasteiger partial charge >= 0.3 is 11.7 Å². The minimum absolute atomic E-state index is 0.0878. The Morgan fingerprint density at radius 3 is 2.48 bits per heavy atom. The predicted molar refractivity (Wildman–Crippen MR) is 106 cm³/mol. The molecular weight excluding hydrogens is 402 g/mol. The van der Waals surface area contributed by atoms with Crippen LogP contribution in [-0.2, 0) is 35.0 Å². The lowest BCUT2D eigenvalue weighted by molar-refractivity contribution is -0.153. The third kappa shape index (κ3) is 4.06. The zero-order valence-electron chi connectivity index (χ0n) is 15.9. The molecule has 0 fully saturated rings. The third-order valence-electron chi connectivity index (χ3n) is 4.31. The number of nitrogens with one attached hydrogen (secondary N) is 1. The number of amides is 1. The van der Waals surface area contributed by atoms with E-state index in [1.807, 2.05) is 0 Å². The Morgan fingerprint density at radius 1 is 1.17 bits per heavy atom. The van der Waals surface area contributed by atoms with Gasteiger partial charge in [-0.25, -0.2) is 9.78 Å². The summed E-state index contributed by atoms with van der Waals surface area (Å²) in [5, 5.41) is 3.13. The maximum atomic E-state index is 12.4. The molecule has 1 atom stereocenters. The predicted octanol–water partition coefficient (Wildman–Crippen LogP) is 0.657. The van der Waals surface area contributed by atoms with Crippen LogP contribution in [0.2, 0.25) is 5.02 Å². The molecule has 0 aliphatic heterocycles. The van der Waals surface area contributed by atoms with E-state index >= 15 is 0 Å². The molecule has 0 unspecified atom stereocenters. The summed E-state index contributed by atoms with van der Waals surface area (Å²) in [5.41, 5.74) is -0.360. The van der Waals surface area contributed by atoms with Crippen LogP contribution in [0.1, 0.15) is 6.92 Å². The van der Waals surface area contributed by atoms with Crippen LogP contribution in [0.25, 0.3) is 11.2 Å². The highest BCUT2D eigenvalue weighted by Crippen LogP contribution is 2.14. The highest BCUT2D eigenvalue weighted by molar-refractivity contribution is 6.30. The van der Waals surface area contributed by atoms with Crippen LogP contribution in [0.15, 0.2) is 40.2 Å². The average Bonchev–Trinajstić information content (AvgIpc) is 3.09. The molecule has 11 heteroatoms. The van der Waals surface area contributed by atoms with Crippen molar-refractivity contribution in [3.05, 3.63) is 56.5 Å². The number of esters is 1. The third-order valence-corrected chi connectivity index (χ3v) is 4.56. The highest BCUT2D eigenvalue weighted by Gasteiger charge is 2.20. The zero-order valence-corrected chi connectivity index (χ0v) is 16.6. The van der Waals surface area contributed by atoms with Gasteiger partial charge in [-0.15, -0.1) is 0 Å². The number of hydrogen-bond acceptors (Lipinski definition) is 6. The molecule has 1 amide bonds. The Balaban J connectivity index is 1.72. The number of nitrogens with zero attached hydrogens (tertiary/aromatic N) is 4. The smallest absolute Gasteiger partial charge is 0.332 e. The molecule has 3 rings (SSSR count). The summed E-state index contributed by atoms with van der Waals surface area (Å²) in [6, 6.07) is 6.47. The Labute approximate surface area is 169 Å². The van der Waals surface area contributed by atoms with Crippen LogP contribution < -0.4 is 16.6 Å². The van der Waals surface area contributed by atoms with Crippen molar-refractivity contribution in [3.8, 4) is 0 Å². The number of carbonyl (C=O) groups excluding carboxylic acids is 2. The molecule has 2 heterocycles. The first kappa shape index (κ1) is 20.3. The lowest BCUT2D eigenvalue weighted by atomic mass is 10.3. The molecule has 29 heavy (non-hydrogen) atoms. The molecule has 0 aliphatic rings. The van der Waals surface area contributed by atoms with Gasteiger partial charge in [0.2, 0.25) is 0 Å². The largest absolute Gasteiger partial charge is 0.451 e. The highest BCUT2D eigenvalue weighted by atomic mass is 35.5. The van der Waals surface area contributed by atoms with E-state index in [1.54, 1.807) is 24.3 Å². The minimum Gasteiger partial charge on any atom is -0.451 e. The van der Waals surface area contributed by atoms with Crippen molar-refractivity contribution >= 4 is 40.3 Å². The number of halogens is 1. The number of anilines is 1. The summed E-state index contributed by atoms with van der Waals surface area (Å²) >= 11 is 5.80. The monoisotopic (exact) mass is 419 g/mol. The maximum absolute atomic E-state index is 12.4. The summed E-state index contributed by atoms with van der Waals surface area (Å²) in [5.74, 6) is -1.26. The Bertz CT molecular complexity index is 1210. The summed E-state index contributed by atoms with van der Waals surface area (Å²) in [7, 11) is 2.81. The van der Waals surface area contributed by atoms with Gasteiger partial charge < -0.3 is 14.6 Å². The molecule has 0 saturated heterocycles. The van der Waals surface area contributed by atoms with Gasteiger partial charge in [0.1, 0.15) is 6.54 Å². The molecule has 0 spiro atoms. The summed E-state index contributed by atoms with van der Waals surface area (Å²) in [6.45, 7) is 1.08. The van der Waals surface area contributed by atoms with Gasteiger partial charge in [-0.05, 0) is 31.2 Å². The fraction of sp³-hybridized carbons (Fsp3) is 0.278. The zero-order chi connectivity index (χ0) is 21.3. The molecule has 0 aliphatic carbocycles. The lowest BCUT2D eigenvalue weighted by Gasteiger charge is -2.14. The van der Waals surface area contributed by atoms with Gasteiger partial charge in [-0.1, -0.05) is 11.6 Å². The number of carbonyl (C=O) groups is 2. The average molecular weight is 420 g/mol. The second-order valence-electron chi connectivity index (χ2n) is 6.38. The van der Waals surface area contributed by atoms with E-state index in [4.69, 9.17) is 16.3 Å². The Morgan fingerprint density at radius 2 is 1.83 bits per heavy atom. The van der Waals surface area contributed by atoms with E-state index in [1.165, 1.54) is 36.5 Å². The van der Waals surface area contributed by atoms with Crippen molar-refractivity contribution in [2.45, 2.75) is 19.6 Å². The van der Waals surface area contributed by atoms with Gasteiger partial charge in [-0.2, -0.15) is 0 Å². The topological polar surface area (TPSA) is 117 Å². The molecule has 0 saturated carbocycles. The van der Waals surface area contributed by atoms with Crippen LogP contribution in [0.3, 0.4) is 0 Å². The number of ether oxygens (including phenoxy) is 1. The standard InChI is InChI=1S/C18H18ClN5O5/c1-10(16(26)21-12-6-4-11(19)5-7-12)29-13(25)8-24-9-20-15-14(24)17(27)23(3)18(28)22(15)2/h4-7,9-10H,8H2,1-3H3,(H,21,26)/t10-/m1/s1. The van der Waals surface area contributed by atoms with Crippen molar-refractivity contribution < 1.29 is 14.3 Å². The second kappa shape index (κ2) is 7.92. The van der Waals surface area contributed by atoms with Crippen molar-refractivity contribution in [1.82, 2.24) is 18.7 Å². The number of benzene rings is 1. The molecule has 2 aromatic heterocycles. The molecular formula is C18H18ClN5O5. The number of hydrogen-bond donors (Lipinski definition) is 1. The molecule has 0 bridgehead atoms. The first-order chi connectivity index (χ1) is 13.7. The molecule has 1 aromatic carbocycles. The van der Waals surface area contributed by atoms with Gasteiger partial charge in [0.15, 0.2) is 17.3 Å². The number of rotatable bonds is 5.